The molecule has 106 valence electrons. The fourth-order valence-electron chi connectivity index (χ4n) is 2.06. The number of carbonyl (C=O) groups excluding carboxylic acids is 1. The van der Waals surface area contributed by atoms with Gasteiger partial charge in [0.2, 0.25) is 5.91 Å². The van der Waals surface area contributed by atoms with Crippen molar-refractivity contribution in [1.29, 1.82) is 0 Å². The lowest BCUT2D eigenvalue weighted by Gasteiger charge is -2.15. The van der Waals surface area contributed by atoms with E-state index in [0.717, 1.165) is 18.4 Å². The van der Waals surface area contributed by atoms with Gasteiger partial charge in [0.1, 0.15) is 0 Å². The first kappa shape index (κ1) is 15.7. The van der Waals surface area contributed by atoms with Crippen LogP contribution < -0.4 is 11.1 Å². The Balaban J connectivity index is 2.37. The lowest BCUT2D eigenvalue weighted by atomic mass is 10.0. The topological polar surface area (TPSA) is 55.1 Å². The highest BCUT2D eigenvalue weighted by molar-refractivity contribution is 5.76. The second kappa shape index (κ2) is 7.95. The second-order valence-corrected chi connectivity index (χ2v) is 5.42. The van der Waals surface area contributed by atoms with Crippen LogP contribution in [0.3, 0.4) is 0 Å². The molecule has 0 saturated carbocycles. The molecule has 0 radical (unpaired) electrons. The molecule has 0 bridgehead atoms. The number of amides is 1. The third-order valence-corrected chi connectivity index (χ3v) is 3.48. The predicted molar refractivity (Wildman–Crippen MR) is 79.8 cm³/mol. The summed E-state index contributed by atoms with van der Waals surface area (Å²) < 4.78 is 0. The number of rotatable bonds is 7. The van der Waals surface area contributed by atoms with E-state index >= 15 is 0 Å². The molecule has 1 aromatic rings. The van der Waals surface area contributed by atoms with Gasteiger partial charge in [0.05, 0.1) is 6.04 Å². The molecule has 2 atom stereocenters. The zero-order valence-electron chi connectivity index (χ0n) is 12.3. The molecule has 1 amide bonds. The molecule has 3 N–H and O–H groups in total. The normalized spacial score (nSPS) is 13.9. The highest BCUT2D eigenvalue weighted by Crippen LogP contribution is 2.14. The molecule has 0 spiro atoms. The van der Waals surface area contributed by atoms with Gasteiger partial charge in [-0.25, -0.2) is 0 Å². The fraction of sp³-hybridized carbons (Fsp3) is 0.562. The first-order valence-corrected chi connectivity index (χ1v) is 7.09. The van der Waals surface area contributed by atoms with Crippen LogP contribution in [0.4, 0.5) is 0 Å². The fourth-order valence-corrected chi connectivity index (χ4v) is 2.06. The Morgan fingerprint density at radius 1 is 1.21 bits per heavy atom. The molecule has 0 heterocycles. The van der Waals surface area contributed by atoms with Crippen LogP contribution in [-0.2, 0) is 4.79 Å². The van der Waals surface area contributed by atoms with Crippen LogP contribution in [0, 0.1) is 12.8 Å². The summed E-state index contributed by atoms with van der Waals surface area (Å²) in [7, 11) is 0. The van der Waals surface area contributed by atoms with E-state index in [9.17, 15) is 4.79 Å². The zero-order chi connectivity index (χ0) is 14.3. The monoisotopic (exact) mass is 262 g/mol. The largest absolute Gasteiger partial charge is 0.350 e. The van der Waals surface area contributed by atoms with Gasteiger partial charge in [0.25, 0.3) is 0 Å². The molecule has 0 saturated heterocycles. The minimum absolute atomic E-state index is 0.0675. The molecular formula is C16H26N2O. The summed E-state index contributed by atoms with van der Waals surface area (Å²) in [4.78, 5) is 11.9. The summed E-state index contributed by atoms with van der Waals surface area (Å²) in [6.45, 7) is 6.92. The second-order valence-electron chi connectivity index (χ2n) is 5.42. The average molecular weight is 262 g/mol. The summed E-state index contributed by atoms with van der Waals surface area (Å²) in [5.41, 5.74) is 7.89. The number of carbonyl (C=O) groups is 1. The first-order valence-electron chi connectivity index (χ1n) is 7.09. The molecular weight excluding hydrogens is 236 g/mol. The smallest absolute Gasteiger partial charge is 0.220 e. The lowest BCUT2D eigenvalue weighted by Crippen LogP contribution is -2.26. The number of nitrogens with one attached hydrogen (secondary N) is 1. The van der Waals surface area contributed by atoms with Crippen molar-refractivity contribution in [1.82, 2.24) is 5.32 Å². The van der Waals surface area contributed by atoms with Crippen LogP contribution in [0.5, 0.6) is 0 Å². The Morgan fingerprint density at radius 3 is 2.42 bits per heavy atom. The molecule has 1 aromatic carbocycles. The maximum atomic E-state index is 11.9. The highest BCUT2D eigenvalue weighted by atomic mass is 16.1. The minimum Gasteiger partial charge on any atom is -0.350 e. The Morgan fingerprint density at radius 2 is 1.84 bits per heavy atom. The third-order valence-electron chi connectivity index (χ3n) is 3.48. The maximum absolute atomic E-state index is 11.9. The van der Waals surface area contributed by atoms with Crippen molar-refractivity contribution in [3.63, 3.8) is 0 Å². The minimum atomic E-state index is 0.0675. The number of hydrogen-bond acceptors (Lipinski definition) is 2. The molecule has 3 heteroatoms. The number of hydrogen-bond donors (Lipinski definition) is 2. The van der Waals surface area contributed by atoms with Gasteiger partial charge in [0, 0.05) is 6.42 Å². The molecule has 0 aliphatic carbocycles. The van der Waals surface area contributed by atoms with E-state index < -0.39 is 0 Å². The van der Waals surface area contributed by atoms with Gasteiger partial charge in [-0.15, -0.1) is 0 Å². The predicted octanol–water partition coefficient (Wildman–Crippen LogP) is 2.94. The molecule has 19 heavy (non-hydrogen) atoms. The van der Waals surface area contributed by atoms with Gasteiger partial charge in [0.15, 0.2) is 0 Å². The van der Waals surface area contributed by atoms with Crippen molar-refractivity contribution in [3.05, 3.63) is 35.4 Å². The van der Waals surface area contributed by atoms with E-state index in [-0.39, 0.29) is 11.9 Å². The maximum Gasteiger partial charge on any atom is 0.220 e. The van der Waals surface area contributed by atoms with E-state index in [1.807, 2.05) is 6.92 Å². The molecule has 0 aliphatic rings. The van der Waals surface area contributed by atoms with Crippen LogP contribution >= 0.6 is 0 Å². The number of nitrogens with two attached hydrogens (primary N) is 1. The van der Waals surface area contributed by atoms with Crippen LogP contribution in [0.2, 0.25) is 0 Å². The standard InChI is InChI=1S/C16H26N2O/c1-12-4-7-15(8-5-12)14(3)18-16(19)9-6-13(2)10-11-17/h4-5,7-8,13-14H,6,9-11,17H2,1-3H3,(H,18,19)/t13?,14-/m1/s1. The SMILES string of the molecule is Cc1ccc([C@@H](C)NC(=O)CCC(C)CCN)cc1. The third kappa shape index (κ3) is 5.88. The summed E-state index contributed by atoms with van der Waals surface area (Å²) in [5.74, 6) is 0.641. The van der Waals surface area contributed by atoms with Gasteiger partial charge < -0.3 is 11.1 Å². The van der Waals surface area contributed by atoms with Crippen molar-refractivity contribution in [3.8, 4) is 0 Å². The summed E-state index contributed by atoms with van der Waals surface area (Å²) >= 11 is 0. The van der Waals surface area contributed by atoms with Gasteiger partial charge in [-0.1, -0.05) is 36.8 Å². The Labute approximate surface area is 116 Å². The molecule has 0 aliphatic heterocycles. The summed E-state index contributed by atoms with van der Waals surface area (Å²) in [6, 6.07) is 8.34. The van der Waals surface area contributed by atoms with Crippen molar-refractivity contribution in [2.24, 2.45) is 11.7 Å². The van der Waals surface area contributed by atoms with Crippen molar-refractivity contribution in [2.75, 3.05) is 6.54 Å². The Hall–Kier alpha value is -1.35. The van der Waals surface area contributed by atoms with Crippen LogP contribution in [0.25, 0.3) is 0 Å². The zero-order valence-corrected chi connectivity index (χ0v) is 12.3. The Kier molecular flexibility index (Phi) is 6.57. The van der Waals surface area contributed by atoms with Crippen molar-refractivity contribution in [2.45, 2.75) is 46.1 Å². The van der Waals surface area contributed by atoms with E-state index in [4.69, 9.17) is 5.73 Å². The Bertz CT molecular complexity index is 386. The summed E-state index contributed by atoms with van der Waals surface area (Å²) in [5, 5.41) is 3.04. The quantitative estimate of drug-likeness (QED) is 0.793. The first-order chi connectivity index (χ1) is 9.02. The van der Waals surface area contributed by atoms with E-state index in [1.165, 1.54) is 5.56 Å². The molecule has 1 rings (SSSR count). The molecule has 3 nitrogen and oxygen atoms in total. The molecule has 0 aromatic heterocycles. The van der Waals surface area contributed by atoms with Crippen LogP contribution in [0.15, 0.2) is 24.3 Å². The highest BCUT2D eigenvalue weighted by Gasteiger charge is 2.10. The van der Waals surface area contributed by atoms with Gasteiger partial charge in [-0.2, -0.15) is 0 Å². The van der Waals surface area contributed by atoms with E-state index in [0.29, 0.717) is 18.9 Å². The van der Waals surface area contributed by atoms with Gasteiger partial charge >= 0.3 is 0 Å². The molecule has 1 unspecified atom stereocenters. The van der Waals surface area contributed by atoms with Crippen molar-refractivity contribution >= 4 is 5.91 Å². The van der Waals surface area contributed by atoms with E-state index in [1.54, 1.807) is 0 Å². The van der Waals surface area contributed by atoms with Crippen molar-refractivity contribution < 1.29 is 4.79 Å². The number of aryl methyl sites for hydroxylation is 1. The lowest BCUT2D eigenvalue weighted by molar-refractivity contribution is -0.122. The van der Waals surface area contributed by atoms with E-state index in [2.05, 4.69) is 43.4 Å². The summed E-state index contributed by atoms with van der Waals surface area (Å²) in [6.07, 6.45) is 2.47. The molecule has 0 fully saturated rings. The van der Waals surface area contributed by atoms with Crippen LogP contribution in [-0.4, -0.2) is 12.5 Å². The number of benzene rings is 1. The van der Waals surface area contributed by atoms with Crippen LogP contribution in [0.1, 0.15) is 50.3 Å². The van der Waals surface area contributed by atoms with Gasteiger partial charge in [-0.3, -0.25) is 4.79 Å². The van der Waals surface area contributed by atoms with Gasteiger partial charge in [-0.05, 0) is 44.7 Å². The average Bonchev–Trinajstić information content (AvgIpc) is 2.37.